The van der Waals surface area contributed by atoms with Crippen molar-refractivity contribution >= 4 is 6.03 Å². The van der Waals surface area contributed by atoms with E-state index in [9.17, 15) is 4.79 Å². The molecular weight excluding hydrogens is 256 g/mol. The molecular formula is C14H24N4O2. The molecule has 112 valence electrons. The number of rotatable bonds is 5. The number of likely N-dealkylation sites (tertiary alicyclic amines) is 1. The van der Waals surface area contributed by atoms with Crippen molar-refractivity contribution in [3.8, 4) is 0 Å². The molecule has 1 aromatic rings. The highest BCUT2D eigenvalue weighted by atomic mass is 16.5. The van der Waals surface area contributed by atoms with Gasteiger partial charge in [0, 0.05) is 51.0 Å². The van der Waals surface area contributed by atoms with Crippen molar-refractivity contribution in [3.05, 3.63) is 18.0 Å². The highest BCUT2D eigenvalue weighted by molar-refractivity contribution is 5.74. The van der Waals surface area contributed by atoms with Crippen molar-refractivity contribution in [2.75, 3.05) is 26.3 Å². The smallest absolute Gasteiger partial charge is 0.317 e. The summed E-state index contributed by atoms with van der Waals surface area (Å²) in [5.41, 5.74) is 1.02. The van der Waals surface area contributed by atoms with E-state index < -0.39 is 0 Å². The minimum atomic E-state index is 0.00931. The lowest BCUT2D eigenvalue weighted by molar-refractivity contribution is 0.0756. The van der Waals surface area contributed by atoms with Crippen molar-refractivity contribution in [2.24, 2.45) is 13.0 Å². The molecule has 20 heavy (non-hydrogen) atoms. The van der Waals surface area contributed by atoms with Crippen LogP contribution in [-0.2, 0) is 18.3 Å². The van der Waals surface area contributed by atoms with Gasteiger partial charge in [-0.3, -0.25) is 4.68 Å². The molecule has 0 spiro atoms. The van der Waals surface area contributed by atoms with Gasteiger partial charge < -0.3 is 15.0 Å². The van der Waals surface area contributed by atoms with Crippen LogP contribution in [0.1, 0.15) is 25.3 Å². The Morgan fingerprint density at radius 3 is 3.15 bits per heavy atom. The number of carbonyl (C=O) groups excluding carboxylic acids is 1. The van der Waals surface area contributed by atoms with Gasteiger partial charge in [0.1, 0.15) is 0 Å². The molecule has 0 saturated carbocycles. The van der Waals surface area contributed by atoms with E-state index in [-0.39, 0.29) is 6.03 Å². The number of urea groups is 1. The largest absolute Gasteiger partial charge is 0.381 e. The van der Waals surface area contributed by atoms with Crippen LogP contribution < -0.4 is 5.32 Å². The molecule has 6 heteroatoms. The molecule has 1 fully saturated rings. The van der Waals surface area contributed by atoms with Crippen molar-refractivity contribution in [1.29, 1.82) is 0 Å². The Labute approximate surface area is 120 Å². The highest BCUT2D eigenvalue weighted by Gasteiger charge is 2.23. The average Bonchev–Trinajstić information content (AvgIpc) is 2.88. The minimum Gasteiger partial charge on any atom is -0.381 e. The maximum atomic E-state index is 12.1. The molecule has 1 N–H and O–H groups in total. The molecule has 2 amide bonds. The van der Waals surface area contributed by atoms with Crippen LogP contribution in [0.2, 0.25) is 0 Å². The Kier molecular flexibility index (Phi) is 5.40. The van der Waals surface area contributed by atoms with Gasteiger partial charge >= 0.3 is 6.03 Å². The van der Waals surface area contributed by atoms with Crippen LogP contribution in [0.3, 0.4) is 0 Å². The number of aryl methyl sites for hydroxylation is 1. The third-order valence-electron chi connectivity index (χ3n) is 3.57. The first kappa shape index (κ1) is 14.8. The summed E-state index contributed by atoms with van der Waals surface area (Å²) in [6, 6.07) is 0.00931. The zero-order valence-electron chi connectivity index (χ0n) is 12.3. The summed E-state index contributed by atoms with van der Waals surface area (Å²) in [5.74, 6) is 0.466. The summed E-state index contributed by atoms with van der Waals surface area (Å²) < 4.78 is 7.20. The summed E-state index contributed by atoms with van der Waals surface area (Å²) in [7, 11) is 1.87. The number of hydrogen-bond acceptors (Lipinski definition) is 3. The molecule has 0 bridgehead atoms. The van der Waals surface area contributed by atoms with Gasteiger partial charge in [0.15, 0.2) is 0 Å². The molecule has 1 aliphatic heterocycles. The van der Waals surface area contributed by atoms with E-state index in [1.165, 1.54) is 0 Å². The number of amides is 2. The molecule has 6 nitrogen and oxygen atoms in total. The molecule has 1 aliphatic rings. The zero-order valence-corrected chi connectivity index (χ0v) is 12.3. The number of nitrogens with zero attached hydrogens (tertiary/aromatic N) is 3. The molecule has 1 atom stereocenters. The van der Waals surface area contributed by atoms with Crippen LogP contribution in [-0.4, -0.2) is 47.0 Å². The summed E-state index contributed by atoms with van der Waals surface area (Å²) >= 11 is 0. The molecule has 0 aromatic carbocycles. The van der Waals surface area contributed by atoms with Crippen molar-refractivity contribution in [3.63, 3.8) is 0 Å². The molecule has 1 aromatic heterocycles. The van der Waals surface area contributed by atoms with E-state index in [1.54, 1.807) is 10.9 Å². The summed E-state index contributed by atoms with van der Waals surface area (Å²) in [5, 5.41) is 7.04. The van der Waals surface area contributed by atoms with Gasteiger partial charge in [0.05, 0.1) is 12.8 Å². The fraction of sp³-hybridized carbons (Fsp3) is 0.714. The zero-order chi connectivity index (χ0) is 14.4. The Balaban J connectivity index is 1.76. The lowest BCUT2D eigenvalue weighted by Gasteiger charge is -2.32. The lowest BCUT2D eigenvalue weighted by atomic mass is 9.99. The Morgan fingerprint density at radius 1 is 1.60 bits per heavy atom. The van der Waals surface area contributed by atoms with Gasteiger partial charge in [-0.25, -0.2) is 4.79 Å². The first-order valence-electron chi connectivity index (χ1n) is 7.27. The lowest BCUT2D eigenvalue weighted by Crippen LogP contribution is -2.46. The van der Waals surface area contributed by atoms with E-state index in [2.05, 4.69) is 10.4 Å². The fourth-order valence-corrected chi connectivity index (χ4v) is 2.52. The Bertz CT molecular complexity index is 433. The topological polar surface area (TPSA) is 59.4 Å². The SMILES string of the molecule is CCOCC1CCCN(C(=O)NCc2cnn(C)c2)C1. The van der Waals surface area contributed by atoms with Crippen LogP contribution in [0.25, 0.3) is 0 Å². The van der Waals surface area contributed by atoms with Gasteiger partial charge in [-0.1, -0.05) is 0 Å². The second-order valence-electron chi connectivity index (χ2n) is 5.29. The van der Waals surface area contributed by atoms with E-state index >= 15 is 0 Å². The number of ether oxygens (including phenoxy) is 1. The van der Waals surface area contributed by atoms with Crippen LogP contribution in [0.4, 0.5) is 4.79 Å². The van der Waals surface area contributed by atoms with Crippen molar-refractivity contribution < 1.29 is 9.53 Å². The number of piperidine rings is 1. The summed E-state index contributed by atoms with van der Waals surface area (Å²) in [6.07, 6.45) is 5.88. The molecule has 0 aliphatic carbocycles. The third-order valence-corrected chi connectivity index (χ3v) is 3.57. The molecule has 2 heterocycles. The van der Waals surface area contributed by atoms with Gasteiger partial charge in [0.25, 0.3) is 0 Å². The summed E-state index contributed by atoms with van der Waals surface area (Å²) in [6.45, 7) is 5.65. The number of carbonyl (C=O) groups is 1. The quantitative estimate of drug-likeness (QED) is 0.886. The highest BCUT2D eigenvalue weighted by Crippen LogP contribution is 2.16. The first-order valence-corrected chi connectivity index (χ1v) is 7.27. The van der Waals surface area contributed by atoms with Crippen LogP contribution >= 0.6 is 0 Å². The standard InChI is InChI=1S/C14H24N4O2/c1-3-20-11-12-5-4-6-18(10-12)14(19)15-7-13-8-16-17(2)9-13/h8-9,12H,3-7,10-11H2,1-2H3,(H,15,19). The minimum absolute atomic E-state index is 0.00931. The first-order chi connectivity index (χ1) is 9.69. The predicted octanol–water partition coefficient (Wildman–Crippen LogP) is 1.38. The van der Waals surface area contributed by atoms with E-state index in [1.807, 2.05) is 25.1 Å². The average molecular weight is 280 g/mol. The van der Waals surface area contributed by atoms with Crippen LogP contribution in [0, 0.1) is 5.92 Å². The molecule has 0 radical (unpaired) electrons. The van der Waals surface area contributed by atoms with Crippen LogP contribution in [0.5, 0.6) is 0 Å². The predicted molar refractivity (Wildman–Crippen MR) is 76.2 cm³/mol. The van der Waals surface area contributed by atoms with Gasteiger partial charge in [0.2, 0.25) is 0 Å². The van der Waals surface area contributed by atoms with Gasteiger partial charge in [-0.05, 0) is 19.8 Å². The third kappa shape index (κ3) is 4.23. The Hall–Kier alpha value is -1.56. The fourth-order valence-electron chi connectivity index (χ4n) is 2.52. The van der Waals surface area contributed by atoms with Gasteiger partial charge in [-0.2, -0.15) is 5.10 Å². The maximum absolute atomic E-state index is 12.1. The van der Waals surface area contributed by atoms with Crippen molar-refractivity contribution in [2.45, 2.75) is 26.3 Å². The molecule has 1 unspecified atom stereocenters. The molecule has 1 saturated heterocycles. The van der Waals surface area contributed by atoms with Crippen molar-refractivity contribution in [1.82, 2.24) is 20.0 Å². The van der Waals surface area contributed by atoms with Gasteiger partial charge in [-0.15, -0.1) is 0 Å². The monoisotopic (exact) mass is 280 g/mol. The normalized spacial score (nSPS) is 19.1. The van der Waals surface area contributed by atoms with E-state index in [0.717, 1.165) is 44.7 Å². The molecule has 2 rings (SSSR count). The van der Waals surface area contributed by atoms with E-state index in [4.69, 9.17) is 4.74 Å². The maximum Gasteiger partial charge on any atom is 0.317 e. The number of nitrogens with one attached hydrogen (secondary N) is 1. The number of aromatic nitrogens is 2. The summed E-state index contributed by atoms with van der Waals surface area (Å²) in [4.78, 5) is 14.0. The number of hydrogen-bond donors (Lipinski definition) is 1. The second kappa shape index (κ2) is 7.28. The van der Waals surface area contributed by atoms with Crippen LogP contribution in [0.15, 0.2) is 12.4 Å². The second-order valence-corrected chi connectivity index (χ2v) is 5.29. The van der Waals surface area contributed by atoms with E-state index in [0.29, 0.717) is 12.5 Å². The Morgan fingerprint density at radius 2 is 2.45 bits per heavy atom.